The highest BCUT2D eigenvalue weighted by Crippen LogP contribution is 2.39. The Kier molecular flexibility index (Phi) is 4.59. The number of rotatable bonds is 3. The number of alkyl halides is 3. The van der Waals surface area contributed by atoms with Crippen LogP contribution >= 0.6 is 0 Å². The van der Waals surface area contributed by atoms with Gasteiger partial charge >= 0.3 is 6.18 Å². The maximum absolute atomic E-state index is 12.7. The molecule has 4 nitrogen and oxygen atoms in total. The van der Waals surface area contributed by atoms with Gasteiger partial charge in [0.15, 0.2) is 0 Å². The fraction of sp³-hybridized carbons (Fsp3) is 0.923. The highest BCUT2D eigenvalue weighted by atomic mass is 19.4. The molecule has 3 unspecified atom stereocenters. The second-order valence-corrected chi connectivity index (χ2v) is 5.97. The van der Waals surface area contributed by atoms with Gasteiger partial charge in [-0.05, 0) is 32.2 Å². The number of aliphatic hydroxyl groups is 1. The minimum absolute atomic E-state index is 0.103. The smallest absolute Gasteiger partial charge is 0.387 e. The number of β-amino-alcohol motifs (C(OH)–C–C–N with tert-alkyl or cyclic N) is 1. The van der Waals surface area contributed by atoms with E-state index in [9.17, 15) is 23.1 Å². The lowest BCUT2D eigenvalue weighted by Gasteiger charge is -2.30. The van der Waals surface area contributed by atoms with Crippen molar-refractivity contribution in [2.75, 3.05) is 19.6 Å². The van der Waals surface area contributed by atoms with Crippen molar-refractivity contribution in [2.45, 2.75) is 43.9 Å². The van der Waals surface area contributed by atoms with Crippen molar-refractivity contribution in [3.8, 4) is 0 Å². The second kappa shape index (κ2) is 5.89. The van der Waals surface area contributed by atoms with E-state index < -0.39 is 23.6 Å². The lowest BCUT2D eigenvalue weighted by Crippen LogP contribution is -2.47. The lowest BCUT2D eigenvalue weighted by molar-refractivity contribution is -0.186. The van der Waals surface area contributed by atoms with Gasteiger partial charge in [0.1, 0.15) is 0 Å². The highest BCUT2D eigenvalue weighted by Gasteiger charge is 2.43. The van der Waals surface area contributed by atoms with Gasteiger partial charge in [0, 0.05) is 19.0 Å². The third-order valence-electron chi connectivity index (χ3n) is 4.32. The molecule has 0 spiro atoms. The molecule has 2 fully saturated rings. The summed E-state index contributed by atoms with van der Waals surface area (Å²) in [5.74, 6) is -2.32. The van der Waals surface area contributed by atoms with Gasteiger partial charge in [0.25, 0.3) is 0 Å². The molecule has 1 amide bonds. The first-order chi connectivity index (χ1) is 9.30. The number of carbonyl (C=O) groups is 1. The molecule has 20 heavy (non-hydrogen) atoms. The molecule has 3 N–H and O–H groups in total. The van der Waals surface area contributed by atoms with Crippen molar-refractivity contribution in [1.82, 2.24) is 10.6 Å². The molecule has 7 heteroatoms. The summed E-state index contributed by atoms with van der Waals surface area (Å²) in [6.45, 7) is 1.20. The Morgan fingerprint density at radius 2 is 2.15 bits per heavy atom. The van der Waals surface area contributed by atoms with Crippen LogP contribution in [0, 0.1) is 11.8 Å². The molecule has 0 bridgehead atoms. The molecular weight excluding hydrogens is 273 g/mol. The average Bonchev–Trinajstić information content (AvgIpc) is 2.83. The van der Waals surface area contributed by atoms with Crippen LogP contribution in [0.5, 0.6) is 0 Å². The zero-order valence-electron chi connectivity index (χ0n) is 11.3. The normalized spacial score (nSPS) is 35.0. The summed E-state index contributed by atoms with van der Waals surface area (Å²) < 4.78 is 38.1. The molecule has 3 atom stereocenters. The van der Waals surface area contributed by atoms with E-state index in [2.05, 4.69) is 10.6 Å². The zero-order chi connectivity index (χ0) is 14.8. The van der Waals surface area contributed by atoms with Gasteiger partial charge in [0.2, 0.25) is 5.91 Å². The van der Waals surface area contributed by atoms with Gasteiger partial charge in [-0.2, -0.15) is 13.2 Å². The van der Waals surface area contributed by atoms with Crippen LogP contribution in [0.1, 0.15) is 32.1 Å². The summed E-state index contributed by atoms with van der Waals surface area (Å²) in [7, 11) is 0. The van der Waals surface area contributed by atoms with Crippen molar-refractivity contribution >= 4 is 5.91 Å². The van der Waals surface area contributed by atoms with Gasteiger partial charge in [-0.3, -0.25) is 4.79 Å². The lowest BCUT2D eigenvalue weighted by atomic mass is 9.80. The van der Waals surface area contributed by atoms with Crippen LogP contribution in [0.3, 0.4) is 0 Å². The van der Waals surface area contributed by atoms with Crippen molar-refractivity contribution < 1.29 is 23.1 Å². The SMILES string of the molecule is O=C(NCC1(O)CCNC1)C1CCCC(C(F)(F)F)C1. The van der Waals surface area contributed by atoms with Gasteiger partial charge in [-0.25, -0.2) is 0 Å². The summed E-state index contributed by atoms with van der Waals surface area (Å²) in [6.07, 6.45) is -2.77. The molecule has 2 rings (SSSR count). The van der Waals surface area contributed by atoms with Gasteiger partial charge in [-0.15, -0.1) is 0 Å². The fourth-order valence-electron chi connectivity index (χ4n) is 3.00. The zero-order valence-corrected chi connectivity index (χ0v) is 11.3. The summed E-state index contributed by atoms with van der Waals surface area (Å²) in [4.78, 5) is 12.0. The number of halogens is 3. The molecule has 1 aliphatic carbocycles. The van der Waals surface area contributed by atoms with Crippen LogP contribution in [-0.2, 0) is 4.79 Å². The van der Waals surface area contributed by atoms with E-state index >= 15 is 0 Å². The van der Waals surface area contributed by atoms with E-state index in [-0.39, 0.29) is 25.3 Å². The number of carbonyl (C=O) groups excluding carboxylic acids is 1. The molecule has 0 aromatic carbocycles. The first kappa shape index (κ1) is 15.6. The molecule has 116 valence electrons. The van der Waals surface area contributed by atoms with E-state index in [4.69, 9.17) is 0 Å². The molecule has 1 saturated heterocycles. The third kappa shape index (κ3) is 3.85. The summed E-state index contributed by atoms with van der Waals surface area (Å²) >= 11 is 0. The van der Waals surface area contributed by atoms with E-state index in [1.165, 1.54) is 0 Å². The van der Waals surface area contributed by atoms with E-state index in [0.29, 0.717) is 32.4 Å². The number of hydrogen-bond acceptors (Lipinski definition) is 3. The molecule has 1 saturated carbocycles. The Bertz CT molecular complexity index is 354. The monoisotopic (exact) mass is 294 g/mol. The van der Waals surface area contributed by atoms with Crippen LogP contribution in [0.2, 0.25) is 0 Å². The molecule has 1 aliphatic heterocycles. The quantitative estimate of drug-likeness (QED) is 0.733. The Morgan fingerprint density at radius 1 is 1.40 bits per heavy atom. The van der Waals surface area contributed by atoms with Crippen molar-refractivity contribution in [2.24, 2.45) is 11.8 Å². The number of nitrogens with one attached hydrogen (secondary N) is 2. The van der Waals surface area contributed by atoms with Crippen LogP contribution in [-0.4, -0.2) is 42.4 Å². The van der Waals surface area contributed by atoms with Gasteiger partial charge in [-0.1, -0.05) is 6.42 Å². The topological polar surface area (TPSA) is 61.4 Å². The second-order valence-electron chi connectivity index (χ2n) is 5.97. The maximum atomic E-state index is 12.7. The predicted molar refractivity (Wildman–Crippen MR) is 66.9 cm³/mol. The van der Waals surface area contributed by atoms with Gasteiger partial charge < -0.3 is 15.7 Å². The minimum atomic E-state index is -4.22. The molecular formula is C13H21F3N2O2. The number of amides is 1. The minimum Gasteiger partial charge on any atom is -0.387 e. The molecule has 0 aromatic rings. The predicted octanol–water partition coefficient (Wildman–Crippen LogP) is 1.20. The Labute approximate surface area is 116 Å². The highest BCUT2D eigenvalue weighted by molar-refractivity contribution is 5.78. The van der Waals surface area contributed by atoms with E-state index in [1.807, 2.05) is 0 Å². The Hall–Kier alpha value is -0.820. The first-order valence-electron chi connectivity index (χ1n) is 7.08. The average molecular weight is 294 g/mol. The number of hydrogen-bond donors (Lipinski definition) is 3. The Balaban J connectivity index is 1.83. The summed E-state index contributed by atoms with van der Waals surface area (Å²) in [5, 5.41) is 15.7. The van der Waals surface area contributed by atoms with Crippen molar-refractivity contribution in [3.63, 3.8) is 0 Å². The molecule has 0 aromatic heterocycles. The van der Waals surface area contributed by atoms with Crippen LogP contribution in [0.15, 0.2) is 0 Å². The van der Waals surface area contributed by atoms with Crippen molar-refractivity contribution in [3.05, 3.63) is 0 Å². The summed E-state index contributed by atoms with van der Waals surface area (Å²) in [6, 6.07) is 0. The van der Waals surface area contributed by atoms with Crippen LogP contribution < -0.4 is 10.6 Å². The third-order valence-corrected chi connectivity index (χ3v) is 4.32. The standard InChI is InChI=1S/C13H21F3N2O2/c14-13(15,16)10-3-1-2-9(6-10)11(19)18-8-12(20)4-5-17-7-12/h9-10,17,20H,1-8H2,(H,18,19). The first-order valence-corrected chi connectivity index (χ1v) is 7.08. The molecule has 1 heterocycles. The van der Waals surface area contributed by atoms with E-state index in [0.717, 1.165) is 0 Å². The van der Waals surface area contributed by atoms with Gasteiger partial charge in [0.05, 0.1) is 11.5 Å². The van der Waals surface area contributed by atoms with E-state index in [1.54, 1.807) is 0 Å². The largest absolute Gasteiger partial charge is 0.391 e. The molecule has 0 radical (unpaired) electrons. The Morgan fingerprint density at radius 3 is 2.75 bits per heavy atom. The fourth-order valence-corrected chi connectivity index (χ4v) is 3.00. The van der Waals surface area contributed by atoms with Crippen LogP contribution in [0.4, 0.5) is 13.2 Å². The van der Waals surface area contributed by atoms with Crippen molar-refractivity contribution in [1.29, 1.82) is 0 Å². The summed E-state index contributed by atoms with van der Waals surface area (Å²) in [5.41, 5.74) is -0.965. The molecule has 2 aliphatic rings. The van der Waals surface area contributed by atoms with Crippen LogP contribution in [0.25, 0.3) is 0 Å². The maximum Gasteiger partial charge on any atom is 0.391 e.